The van der Waals surface area contributed by atoms with E-state index in [1.54, 1.807) is 18.5 Å². The second kappa shape index (κ2) is 5.66. The summed E-state index contributed by atoms with van der Waals surface area (Å²) in [7, 11) is 1.97. The smallest absolute Gasteiger partial charge is 0.259 e. The maximum absolute atomic E-state index is 12.3. The number of piperidine rings is 1. The van der Waals surface area contributed by atoms with Crippen LogP contribution in [0.4, 0.5) is 0 Å². The van der Waals surface area contributed by atoms with Crippen molar-refractivity contribution in [1.29, 1.82) is 0 Å². The van der Waals surface area contributed by atoms with Gasteiger partial charge in [-0.05, 0) is 25.5 Å². The molecular formula is C16H20N6O. The van der Waals surface area contributed by atoms with Crippen molar-refractivity contribution in [2.45, 2.75) is 31.8 Å². The van der Waals surface area contributed by atoms with Crippen molar-refractivity contribution in [3.05, 3.63) is 52.5 Å². The van der Waals surface area contributed by atoms with Crippen molar-refractivity contribution >= 4 is 5.78 Å². The third-order valence-electron chi connectivity index (χ3n) is 4.67. The van der Waals surface area contributed by atoms with Crippen LogP contribution in [0.5, 0.6) is 0 Å². The normalized spacial score (nSPS) is 19.4. The largest absolute Gasteiger partial charge is 0.327 e. The van der Waals surface area contributed by atoms with Gasteiger partial charge in [0.15, 0.2) is 0 Å². The highest BCUT2D eigenvalue weighted by Gasteiger charge is 2.26. The fourth-order valence-corrected chi connectivity index (χ4v) is 3.42. The van der Waals surface area contributed by atoms with E-state index in [-0.39, 0.29) is 11.6 Å². The van der Waals surface area contributed by atoms with Gasteiger partial charge in [0.25, 0.3) is 5.56 Å². The lowest BCUT2D eigenvalue weighted by Gasteiger charge is -2.35. The highest BCUT2D eigenvalue weighted by molar-refractivity contribution is 5.30. The molecule has 1 N–H and O–H groups in total. The molecule has 1 aliphatic rings. The van der Waals surface area contributed by atoms with Gasteiger partial charge in [0.1, 0.15) is 0 Å². The number of aryl methyl sites for hydroxylation is 1. The van der Waals surface area contributed by atoms with Crippen LogP contribution in [0.2, 0.25) is 0 Å². The van der Waals surface area contributed by atoms with Crippen LogP contribution in [0.25, 0.3) is 5.78 Å². The molecule has 1 fully saturated rings. The summed E-state index contributed by atoms with van der Waals surface area (Å²) in [5.74, 6) is 0.610. The Balaban J connectivity index is 1.68. The molecule has 3 aromatic heterocycles. The van der Waals surface area contributed by atoms with Crippen molar-refractivity contribution in [3.8, 4) is 0 Å². The molecular weight excluding hydrogens is 292 g/mol. The lowest BCUT2D eigenvalue weighted by molar-refractivity contribution is 0.134. The van der Waals surface area contributed by atoms with Crippen molar-refractivity contribution < 1.29 is 0 Å². The summed E-state index contributed by atoms with van der Waals surface area (Å²) in [5.41, 5.74) is 2.11. The highest BCUT2D eigenvalue weighted by Crippen LogP contribution is 2.30. The summed E-state index contributed by atoms with van der Waals surface area (Å²) < 4.78 is 3.45. The zero-order valence-electron chi connectivity index (χ0n) is 13.1. The lowest BCUT2D eigenvalue weighted by Crippen LogP contribution is -2.35. The van der Waals surface area contributed by atoms with Crippen LogP contribution in [0.3, 0.4) is 0 Å². The average Bonchev–Trinajstić information content (AvgIpc) is 3.18. The Morgan fingerprint density at radius 1 is 1.35 bits per heavy atom. The molecule has 3 aromatic rings. The Morgan fingerprint density at radius 3 is 3.09 bits per heavy atom. The van der Waals surface area contributed by atoms with E-state index in [0.29, 0.717) is 5.78 Å². The zero-order valence-corrected chi connectivity index (χ0v) is 13.1. The molecule has 1 atom stereocenters. The van der Waals surface area contributed by atoms with Crippen LogP contribution >= 0.6 is 0 Å². The number of imidazole rings is 1. The summed E-state index contributed by atoms with van der Waals surface area (Å²) in [6.45, 7) is 1.86. The van der Waals surface area contributed by atoms with E-state index in [1.807, 2.05) is 24.0 Å². The number of hydrogen-bond acceptors (Lipinski definition) is 4. The summed E-state index contributed by atoms with van der Waals surface area (Å²) >= 11 is 0. The monoisotopic (exact) mass is 312 g/mol. The van der Waals surface area contributed by atoms with E-state index < -0.39 is 0 Å². The molecule has 1 aliphatic heterocycles. The second-order valence-electron chi connectivity index (χ2n) is 6.11. The molecule has 0 aromatic carbocycles. The Kier molecular flexibility index (Phi) is 3.49. The van der Waals surface area contributed by atoms with Gasteiger partial charge in [-0.1, -0.05) is 6.42 Å². The minimum Gasteiger partial charge on any atom is -0.327 e. The van der Waals surface area contributed by atoms with E-state index in [4.69, 9.17) is 0 Å². The van der Waals surface area contributed by atoms with Gasteiger partial charge in [0, 0.05) is 43.9 Å². The molecule has 4 heterocycles. The number of rotatable bonds is 3. The molecule has 0 spiro atoms. The van der Waals surface area contributed by atoms with Gasteiger partial charge in [-0.15, -0.1) is 0 Å². The summed E-state index contributed by atoms with van der Waals surface area (Å²) in [6.07, 6.45) is 8.56. The molecule has 0 radical (unpaired) electrons. The van der Waals surface area contributed by atoms with Crippen LogP contribution < -0.4 is 5.56 Å². The SMILES string of the molecule is Cn1nccc1CN1CCCC[C@@H]1c1cc(=O)n2ccnc2[nH]1. The number of nitrogens with zero attached hydrogens (tertiary/aromatic N) is 5. The summed E-state index contributed by atoms with van der Waals surface area (Å²) in [6, 6.07) is 3.97. The third-order valence-corrected chi connectivity index (χ3v) is 4.67. The maximum atomic E-state index is 12.3. The number of fused-ring (bicyclic) bond motifs is 1. The van der Waals surface area contributed by atoms with E-state index in [2.05, 4.69) is 20.0 Å². The van der Waals surface area contributed by atoms with Crippen LogP contribution in [-0.4, -0.2) is 35.6 Å². The molecule has 7 nitrogen and oxygen atoms in total. The van der Waals surface area contributed by atoms with Gasteiger partial charge in [-0.3, -0.25) is 18.8 Å². The van der Waals surface area contributed by atoms with E-state index >= 15 is 0 Å². The summed E-state index contributed by atoms with van der Waals surface area (Å²) in [5, 5.41) is 4.25. The topological polar surface area (TPSA) is 71.2 Å². The van der Waals surface area contributed by atoms with Gasteiger partial charge in [-0.25, -0.2) is 4.98 Å². The minimum absolute atomic E-state index is 0.0303. The van der Waals surface area contributed by atoms with Crippen molar-refractivity contribution in [3.63, 3.8) is 0 Å². The second-order valence-corrected chi connectivity index (χ2v) is 6.11. The molecule has 23 heavy (non-hydrogen) atoms. The van der Waals surface area contributed by atoms with E-state index in [9.17, 15) is 4.79 Å². The molecule has 1 saturated heterocycles. The first-order chi connectivity index (χ1) is 11.2. The van der Waals surface area contributed by atoms with Crippen molar-refractivity contribution in [2.75, 3.05) is 6.54 Å². The number of hydrogen-bond donors (Lipinski definition) is 1. The molecule has 0 amide bonds. The molecule has 7 heteroatoms. The highest BCUT2D eigenvalue weighted by atomic mass is 16.1. The Morgan fingerprint density at radius 2 is 2.26 bits per heavy atom. The molecule has 4 rings (SSSR count). The Labute approximate surface area is 133 Å². The first-order valence-corrected chi connectivity index (χ1v) is 7.99. The number of likely N-dealkylation sites (tertiary alicyclic amines) is 1. The quantitative estimate of drug-likeness (QED) is 0.795. The van der Waals surface area contributed by atoms with Gasteiger partial charge in [0.05, 0.1) is 11.7 Å². The Bertz CT molecular complexity index is 876. The Hall–Kier alpha value is -2.41. The molecule has 0 aliphatic carbocycles. The van der Waals surface area contributed by atoms with Gasteiger partial charge in [0.2, 0.25) is 5.78 Å². The molecule has 0 saturated carbocycles. The predicted octanol–water partition coefficient (Wildman–Crippen LogP) is 1.48. The predicted molar refractivity (Wildman–Crippen MR) is 86.0 cm³/mol. The fraction of sp³-hybridized carbons (Fsp3) is 0.438. The minimum atomic E-state index is -0.0303. The number of nitrogens with one attached hydrogen (secondary N) is 1. The van der Waals surface area contributed by atoms with Crippen LogP contribution in [0, 0.1) is 0 Å². The van der Waals surface area contributed by atoms with Gasteiger partial charge in [-0.2, -0.15) is 5.10 Å². The van der Waals surface area contributed by atoms with Gasteiger partial charge < -0.3 is 4.98 Å². The van der Waals surface area contributed by atoms with Crippen LogP contribution in [0.1, 0.15) is 36.7 Å². The van der Waals surface area contributed by atoms with Crippen molar-refractivity contribution in [2.24, 2.45) is 7.05 Å². The van der Waals surface area contributed by atoms with Crippen LogP contribution in [-0.2, 0) is 13.6 Å². The fourth-order valence-electron chi connectivity index (χ4n) is 3.42. The molecule has 0 unspecified atom stereocenters. The summed E-state index contributed by atoms with van der Waals surface area (Å²) in [4.78, 5) is 22.2. The molecule has 0 bridgehead atoms. The van der Waals surface area contributed by atoms with Gasteiger partial charge >= 0.3 is 0 Å². The van der Waals surface area contributed by atoms with Crippen molar-refractivity contribution in [1.82, 2.24) is 29.0 Å². The maximum Gasteiger partial charge on any atom is 0.259 e. The van der Waals surface area contributed by atoms with E-state index in [1.165, 1.54) is 22.9 Å². The standard InChI is InChI=1S/C16H20N6O/c1-20-12(5-6-18-20)11-21-8-3-2-4-14(21)13-10-15(23)22-9-7-17-16(22)19-13/h5-7,9-10,14H,2-4,8,11H2,1H3,(H,17,19)/t14-/m1/s1. The number of H-pyrrole nitrogens is 1. The molecule has 120 valence electrons. The lowest BCUT2D eigenvalue weighted by atomic mass is 9.99. The first kappa shape index (κ1) is 14.2. The number of aromatic amines is 1. The average molecular weight is 312 g/mol. The van der Waals surface area contributed by atoms with E-state index in [0.717, 1.165) is 25.2 Å². The van der Waals surface area contributed by atoms with Crippen LogP contribution in [0.15, 0.2) is 35.5 Å². The first-order valence-electron chi connectivity index (χ1n) is 7.99. The zero-order chi connectivity index (χ0) is 15.8. The third kappa shape index (κ3) is 2.57. The number of aromatic nitrogens is 5.